The molecule has 1 fully saturated rings. The van der Waals surface area contributed by atoms with Crippen molar-refractivity contribution in [3.8, 4) is 11.3 Å². The molecule has 0 radical (unpaired) electrons. The maximum Gasteiger partial charge on any atom is 0.253 e. The van der Waals surface area contributed by atoms with Gasteiger partial charge in [0.25, 0.3) is 5.91 Å². The molecule has 0 unspecified atom stereocenters. The number of carbonyl (C=O) groups excluding carboxylic acids is 1. The third-order valence-electron chi connectivity index (χ3n) is 4.98. The van der Waals surface area contributed by atoms with Gasteiger partial charge in [-0.3, -0.25) is 4.79 Å². The summed E-state index contributed by atoms with van der Waals surface area (Å²) >= 11 is 2.25. The molecule has 1 amide bonds. The van der Waals surface area contributed by atoms with Crippen molar-refractivity contribution in [2.45, 2.75) is 6.92 Å². The lowest BCUT2D eigenvalue weighted by atomic mass is 10.1. The lowest BCUT2D eigenvalue weighted by Gasteiger charge is -2.35. The van der Waals surface area contributed by atoms with Crippen molar-refractivity contribution in [2.24, 2.45) is 0 Å². The van der Waals surface area contributed by atoms with Crippen LogP contribution < -0.4 is 4.90 Å². The number of benzene rings is 2. The van der Waals surface area contributed by atoms with Gasteiger partial charge in [-0.25, -0.2) is 0 Å². The van der Waals surface area contributed by atoms with E-state index in [2.05, 4.69) is 68.9 Å². The van der Waals surface area contributed by atoms with Gasteiger partial charge >= 0.3 is 0 Å². The van der Waals surface area contributed by atoms with Gasteiger partial charge in [-0.1, -0.05) is 29.8 Å². The van der Waals surface area contributed by atoms with E-state index in [9.17, 15) is 4.79 Å². The van der Waals surface area contributed by atoms with E-state index in [0.717, 1.165) is 39.3 Å². The molecule has 0 bridgehead atoms. The number of amides is 1. The van der Waals surface area contributed by atoms with E-state index >= 15 is 0 Å². The molecule has 2 heterocycles. The highest BCUT2D eigenvalue weighted by molar-refractivity contribution is 14.1. The number of anilines is 1. The normalized spacial score (nSPS) is 14.2. The molecule has 0 N–H and O–H groups in total. The molecule has 1 aliphatic rings. The lowest BCUT2D eigenvalue weighted by molar-refractivity contribution is 0.0746. The molecular formula is C22H21IN4O. The van der Waals surface area contributed by atoms with E-state index < -0.39 is 0 Å². The van der Waals surface area contributed by atoms with Crippen molar-refractivity contribution in [1.29, 1.82) is 0 Å². The van der Waals surface area contributed by atoms with Crippen LogP contribution >= 0.6 is 22.6 Å². The fraction of sp³-hybridized carbons (Fsp3) is 0.227. The number of halogens is 1. The Labute approximate surface area is 178 Å². The Kier molecular flexibility index (Phi) is 5.57. The highest BCUT2D eigenvalue weighted by Gasteiger charge is 2.23. The molecule has 2 aromatic carbocycles. The first-order valence-electron chi connectivity index (χ1n) is 9.31. The van der Waals surface area contributed by atoms with Crippen molar-refractivity contribution >= 4 is 34.3 Å². The molecule has 5 nitrogen and oxygen atoms in total. The van der Waals surface area contributed by atoms with Gasteiger partial charge in [0.2, 0.25) is 0 Å². The van der Waals surface area contributed by atoms with Crippen molar-refractivity contribution in [3.63, 3.8) is 0 Å². The first-order valence-corrected chi connectivity index (χ1v) is 10.4. The van der Waals surface area contributed by atoms with Crippen LogP contribution in [0.1, 0.15) is 15.9 Å². The van der Waals surface area contributed by atoms with Gasteiger partial charge in [-0.2, -0.15) is 0 Å². The van der Waals surface area contributed by atoms with E-state index in [4.69, 9.17) is 0 Å². The maximum atomic E-state index is 12.7. The van der Waals surface area contributed by atoms with Gasteiger partial charge in [0.1, 0.15) is 0 Å². The van der Waals surface area contributed by atoms with Crippen LogP contribution in [0.4, 0.5) is 5.82 Å². The van der Waals surface area contributed by atoms with E-state index in [-0.39, 0.29) is 5.91 Å². The van der Waals surface area contributed by atoms with Gasteiger partial charge in [-0.15, -0.1) is 10.2 Å². The average molecular weight is 484 g/mol. The lowest BCUT2D eigenvalue weighted by Crippen LogP contribution is -2.49. The molecular weight excluding hydrogens is 463 g/mol. The zero-order valence-electron chi connectivity index (χ0n) is 15.7. The molecule has 1 aliphatic heterocycles. The van der Waals surface area contributed by atoms with E-state index in [1.807, 2.05) is 41.3 Å². The summed E-state index contributed by atoms with van der Waals surface area (Å²) in [5.41, 5.74) is 3.91. The zero-order chi connectivity index (χ0) is 19.5. The molecule has 1 aromatic heterocycles. The second-order valence-electron chi connectivity index (χ2n) is 6.93. The second-order valence-corrected chi connectivity index (χ2v) is 8.17. The van der Waals surface area contributed by atoms with Gasteiger partial charge in [-0.05, 0) is 65.9 Å². The zero-order valence-corrected chi connectivity index (χ0v) is 17.8. The number of aryl methyl sites for hydroxylation is 1. The standard InChI is InChI=1S/C22H21IN4O/c1-16-2-4-17(5-3-16)20-10-11-21(25-24-20)26-12-14-27(15-13-26)22(28)18-6-8-19(23)9-7-18/h2-11H,12-15H2,1H3. The minimum atomic E-state index is 0.0943. The smallest absolute Gasteiger partial charge is 0.253 e. The number of hydrogen-bond donors (Lipinski definition) is 0. The highest BCUT2D eigenvalue weighted by Crippen LogP contribution is 2.20. The predicted octanol–water partition coefficient (Wildman–Crippen LogP) is 4.02. The van der Waals surface area contributed by atoms with E-state index in [0.29, 0.717) is 13.1 Å². The van der Waals surface area contributed by atoms with Crippen molar-refractivity contribution in [1.82, 2.24) is 15.1 Å². The number of aromatic nitrogens is 2. The Morgan fingerprint density at radius 1 is 0.857 bits per heavy atom. The minimum absolute atomic E-state index is 0.0943. The quantitative estimate of drug-likeness (QED) is 0.528. The summed E-state index contributed by atoms with van der Waals surface area (Å²) in [5.74, 6) is 0.953. The van der Waals surface area contributed by atoms with Crippen LogP contribution in [-0.2, 0) is 0 Å². The first kappa shape index (κ1) is 18.9. The molecule has 3 aromatic rings. The fourth-order valence-electron chi connectivity index (χ4n) is 3.29. The van der Waals surface area contributed by atoms with Crippen LogP contribution in [0.3, 0.4) is 0 Å². The second kappa shape index (κ2) is 8.26. The predicted molar refractivity (Wildman–Crippen MR) is 119 cm³/mol. The summed E-state index contributed by atoms with van der Waals surface area (Å²) in [4.78, 5) is 16.8. The van der Waals surface area contributed by atoms with Crippen LogP contribution in [0.15, 0.2) is 60.7 Å². The van der Waals surface area contributed by atoms with Gasteiger partial charge in [0.15, 0.2) is 5.82 Å². The summed E-state index contributed by atoms with van der Waals surface area (Å²) in [6.45, 7) is 4.96. The van der Waals surface area contributed by atoms with Gasteiger partial charge < -0.3 is 9.80 Å². The third-order valence-corrected chi connectivity index (χ3v) is 5.70. The van der Waals surface area contributed by atoms with Crippen molar-refractivity contribution in [2.75, 3.05) is 31.1 Å². The molecule has 0 saturated carbocycles. The van der Waals surface area contributed by atoms with Crippen molar-refractivity contribution < 1.29 is 4.79 Å². The Morgan fingerprint density at radius 2 is 1.54 bits per heavy atom. The summed E-state index contributed by atoms with van der Waals surface area (Å²) in [6.07, 6.45) is 0. The Bertz CT molecular complexity index is 947. The summed E-state index contributed by atoms with van der Waals surface area (Å²) < 4.78 is 1.13. The summed E-state index contributed by atoms with van der Waals surface area (Å²) in [5, 5.41) is 8.80. The number of piperazine rings is 1. The molecule has 6 heteroatoms. The molecule has 142 valence electrons. The molecule has 0 aliphatic carbocycles. The van der Waals surface area contributed by atoms with Gasteiger partial charge in [0.05, 0.1) is 5.69 Å². The Balaban J connectivity index is 1.39. The monoisotopic (exact) mass is 484 g/mol. The number of carbonyl (C=O) groups is 1. The SMILES string of the molecule is Cc1ccc(-c2ccc(N3CCN(C(=O)c4ccc(I)cc4)CC3)nn2)cc1. The number of hydrogen-bond acceptors (Lipinski definition) is 4. The molecule has 0 atom stereocenters. The number of rotatable bonds is 3. The van der Waals surface area contributed by atoms with Crippen LogP contribution in [0.5, 0.6) is 0 Å². The van der Waals surface area contributed by atoms with E-state index in [1.165, 1.54) is 5.56 Å². The van der Waals surface area contributed by atoms with Crippen LogP contribution in [0, 0.1) is 10.5 Å². The summed E-state index contributed by atoms with van der Waals surface area (Å²) in [7, 11) is 0. The van der Waals surface area contributed by atoms with E-state index in [1.54, 1.807) is 0 Å². The molecule has 4 rings (SSSR count). The minimum Gasteiger partial charge on any atom is -0.352 e. The van der Waals surface area contributed by atoms with Gasteiger partial charge in [0, 0.05) is 40.9 Å². The number of nitrogens with zero attached hydrogens (tertiary/aromatic N) is 4. The van der Waals surface area contributed by atoms with Crippen LogP contribution in [-0.4, -0.2) is 47.2 Å². The molecule has 28 heavy (non-hydrogen) atoms. The Morgan fingerprint density at radius 3 is 2.14 bits per heavy atom. The fourth-order valence-corrected chi connectivity index (χ4v) is 3.65. The molecule has 1 saturated heterocycles. The first-order chi connectivity index (χ1) is 13.6. The van der Waals surface area contributed by atoms with Crippen LogP contribution in [0.2, 0.25) is 0 Å². The largest absolute Gasteiger partial charge is 0.352 e. The molecule has 0 spiro atoms. The van der Waals surface area contributed by atoms with Crippen LogP contribution in [0.25, 0.3) is 11.3 Å². The highest BCUT2D eigenvalue weighted by atomic mass is 127. The average Bonchev–Trinajstić information content (AvgIpc) is 2.75. The summed E-state index contributed by atoms with van der Waals surface area (Å²) in [6, 6.07) is 20.0. The topological polar surface area (TPSA) is 49.3 Å². The third kappa shape index (κ3) is 4.16. The Hall–Kier alpha value is -2.48. The maximum absolute atomic E-state index is 12.7. The van der Waals surface area contributed by atoms with Crippen molar-refractivity contribution in [3.05, 3.63) is 75.4 Å².